The van der Waals surface area contributed by atoms with E-state index in [1.54, 1.807) is 52.1 Å². The molecule has 7 heteroatoms. The lowest BCUT2D eigenvalue weighted by Crippen LogP contribution is -2.47. The van der Waals surface area contributed by atoms with Crippen molar-refractivity contribution in [1.29, 1.82) is 0 Å². The third-order valence-electron chi connectivity index (χ3n) is 5.64. The molecule has 0 aromatic heterocycles. The highest BCUT2D eigenvalue weighted by Crippen LogP contribution is 2.62. The van der Waals surface area contributed by atoms with Gasteiger partial charge in [0.15, 0.2) is 17.4 Å². The minimum absolute atomic E-state index is 0.0492. The largest absolute Gasteiger partial charge is 0.497 e. The number of amides is 1. The van der Waals surface area contributed by atoms with Crippen molar-refractivity contribution >= 4 is 11.6 Å². The molecule has 0 bridgehead atoms. The number of hydrogen-bond donors (Lipinski definition) is 1. The van der Waals surface area contributed by atoms with E-state index in [1.807, 2.05) is 0 Å². The number of terminal acetylenes is 2. The van der Waals surface area contributed by atoms with E-state index in [0.29, 0.717) is 11.4 Å². The molecule has 0 radical (unpaired) electrons. The molecule has 2 atom stereocenters. The van der Waals surface area contributed by atoms with E-state index in [-0.39, 0.29) is 32.0 Å². The molecule has 2 aliphatic rings. The fourth-order valence-electron chi connectivity index (χ4n) is 4.43. The molecule has 0 unspecified atom stereocenters. The van der Waals surface area contributed by atoms with Crippen molar-refractivity contribution in [2.24, 2.45) is 5.41 Å². The Morgan fingerprint density at radius 1 is 1.03 bits per heavy atom. The van der Waals surface area contributed by atoms with Crippen molar-refractivity contribution in [2.45, 2.75) is 51.0 Å². The summed E-state index contributed by atoms with van der Waals surface area (Å²) in [5.74, 6) is 1.79. The van der Waals surface area contributed by atoms with Gasteiger partial charge in [-0.3, -0.25) is 4.79 Å². The predicted molar refractivity (Wildman–Crippen MR) is 110 cm³/mol. The summed E-state index contributed by atoms with van der Waals surface area (Å²) >= 11 is 0. The fraction of sp³-hybridized carbons (Fsp3) is 0.522. The number of carbonyl (C=O) groups excluding carboxylic acids is 1. The Morgan fingerprint density at radius 2 is 1.53 bits per heavy atom. The number of rotatable bonds is 7. The van der Waals surface area contributed by atoms with E-state index in [4.69, 9.17) is 36.5 Å². The van der Waals surface area contributed by atoms with Gasteiger partial charge in [-0.05, 0) is 45.0 Å². The first-order valence-corrected chi connectivity index (χ1v) is 9.64. The summed E-state index contributed by atoms with van der Waals surface area (Å²) in [7, 11) is 1.58. The number of hydrogen-bond acceptors (Lipinski definition) is 6. The van der Waals surface area contributed by atoms with Gasteiger partial charge in [-0.25, -0.2) is 0 Å². The van der Waals surface area contributed by atoms with Crippen LogP contribution in [0.15, 0.2) is 24.3 Å². The smallest absolute Gasteiger partial charge is 0.236 e. The maximum Gasteiger partial charge on any atom is 0.236 e. The Hall–Kier alpha value is -2.55. The van der Waals surface area contributed by atoms with Gasteiger partial charge >= 0.3 is 0 Å². The molecule has 2 aliphatic heterocycles. The molecule has 1 aromatic rings. The molecule has 2 fully saturated rings. The number of methoxy groups -OCH3 is 1. The van der Waals surface area contributed by atoms with E-state index in [9.17, 15) is 4.79 Å². The standard InChI is InChI=1S/C23H27NO6/c1-7-13-27-20(3)15-23(19(25)24-17-9-11-18(26-6)12-10-17)16-21(4,28-14-8-2)30-22(23,5)29-20/h1-2,9-12H,13-16H2,3-6H3,(H,24,25)/t20-,21-,22?,23?/m0/s1. The van der Waals surface area contributed by atoms with Crippen LogP contribution in [0, 0.1) is 30.1 Å². The van der Waals surface area contributed by atoms with Crippen molar-refractivity contribution in [1.82, 2.24) is 0 Å². The molecule has 1 amide bonds. The van der Waals surface area contributed by atoms with Crippen LogP contribution in [0.2, 0.25) is 0 Å². The quantitative estimate of drug-likeness (QED) is 0.693. The Bertz CT molecular complexity index is 846. The van der Waals surface area contributed by atoms with Crippen LogP contribution in [0.1, 0.15) is 33.6 Å². The predicted octanol–water partition coefficient (Wildman–Crippen LogP) is 2.91. The SMILES string of the molecule is C#CCO[C@]1(C)CC2(C(=O)Nc3ccc(OC)cc3)C[C@@](C)(OCC#C)OC2(C)O1. The average molecular weight is 413 g/mol. The molecule has 3 rings (SSSR count). The number of anilines is 1. The summed E-state index contributed by atoms with van der Waals surface area (Å²) in [6.07, 6.45) is 11.1. The summed E-state index contributed by atoms with van der Waals surface area (Å²) in [5, 5.41) is 2.96. The normalized spacial score (nSPS) is 34.6. The highest BCUT2D eigenvalue weighted by atomic mass is 16.8. The zero-order valence-electron chi connectivity index (χ0n) is 17.7. The Balaban J connectivity index is 1.92. The molecule has 2 saturated heterocycles. The van der Waals surface area contributed by atoms with Crippen LogP contribution < -0.4 is 10.1 Å². The average Bonchev–Trinajstić information content (AvgIpc) is 3.05. The van der Waals surface area contributed by atoms with E-state index >= 15 is 0 Å². The Kier molecular flexibility index (Phi) is 5.86. The van der Waals surface area contributed by atoms with Crippen LogP contribution in [-0.2, 0) is 23.7 Å². The number of benzene rings is 1. The molecule has 7 nitrogen and oxygen atoms in total. The molecule has 160 valence electrons. The minimum Gasteiger partial charge on any atom is -0.497 e. The summed E-state index contributed by atoms with van der Waals surface area (Å²) in [4.78, 5) is 13.6. The summed E-state index contributed by atoms with van der Waals surface area (Å²) < 4.78 is 29.0. The van der Waals surface area contributed by atoms with Crippen molar-refractivity contribution in [3.05, 3.63) is 24.3 Å². The summed E-state index contributed by atoms with van der Waals surface area (Å²) in [5.41, 5.74) is -0.478. The molecular weight excluding hydrogens is 386 g/mol. The van der Waals surface area contributed by atoms with Crippen molar-refractivity contribution in [3.63, 3.8) is 0 Å². The second kappa shape index (κ2) is 7.94. The molecule has 1 aromatic carbocycles. The Labute approximate surface area is 177 Å². The molecular formula is C23H27NO6. The number of ether oxygens (including phenoxy) is 5. The lowest BCUT2D eigenvalue weighted by Gasteiger charge is -2.33. The topological polar surface area (TPSA) is 75.3 Å². The first-order valence-electron chi connectivity index (χ1n) is 9.64. The van der Waals surface area contributed by atoms with E-state index < -0.39 is 22.8 Å². The lowest BCUT2D eigenvalue weighted by molar-refractivity contribution is -0.351. The maximum absolute atomic E-state index is 13.6. The summed E-state index contributed by atoms with van der Waals surface area (Å²) in [6.45, 7) is 5.31. The van der Waals surface area contributed by atoms with E-state index in [0.717, 1.165) is 0 Å². The second-order valence-electron chi connectivity index (χ2n) is 8.02. The molecule has 0 aliphatic carbocycles. The zero-order chi connectivity index (χ0) is 22.0. The van der Waals surface area contributed by atoms with Crippen molar-refractivity contribution < 1.29 is 28.5 Å². The van der Waals surface area contributed by atoms with Gasteiger partial charge in [-0.15, -0.1) is 12.8 Å². The van der Waals surface area contributed by atoms with Crippen LogP contribution in [0.5, 0.6) is 5.75 Å². The summed E-state index contributed by atoms with van der Waals surface area (Å²) in [6, 6.07) is 7.06. The van der Waals surface area contributed by atoms with Gasteiger partial charge in [0.25, 0.3) is 0 Å². The van der Waals surface area contributed by atoms with Gasteiger partial charge in [-0.1, -0.05) is 11.8 Å². The molecule has 2 heterocycles. The maximum atomic E-state index is 13.6. The van der Waals surface area contributed by atoms with Crippen LogP contribution in [0.3, 0.4) is 0 Å². The highest BCUT2D eigenvalue weighted by molar-refractivity contribution is 5.96. The van der Waals surface area contributed by atoms with Gasteiger partial charge in [0.2, 0.25) is 5.91 Å². The fourth-order valence-corrected chi connectivity index (χ4v) is 4.43. The zero-order valence-corrected chi connectivity index (χ0v) is 17.7. The molecule has 30 heavy (non-hydrogen) atoms. The highest BCUT2D eigenvalue weighted by Gasteiger charge is 2.74. The van der Waals surface area contributed by atoms with Gasteiger partial charge in [0.1, 0.15) is 24.4 Å². The van der Waals surface area contributed by atoms with Gasteiger partial charge in [0, 0.05) is 18.5 Å². The monoisotopic (exact) mass is 413 g/mol. The first-order chi connectivity index (χ1) is 14.1. The van der Waals surface area contributed by atoms with Gasteiger partial charge in [0.05, 0.1) is 7.11 Å². The van der Waals surface area contributed by atoms with Crippen LogP contribution in [0.4, 0.5) is 5.69 Å². The number of nitrogens with one attached hydrogen (secondary N) is 1. The minimum atomic E-state index is -1.31. The third-order valence-corrected chi connectivity index (χ3v) is 5.64. The van der Waals surface area contributed by atoms with Crippen LogP contribution >= 0.6 is 0 Å². The van der Waals surface area contributed by atoms with Crippen molar-refractivity contribution in [3.8, 4) is 30.4 Å². The van der Waals surface area contributed by atoms with E-state index in [1.165, 1.54) is 0 Å². The first kappa shape index (κ1) is 22.1. The molecule has 1 N–H and O–H groups in total. The third kappa shape index (κ3) is 3.90. The lowest BCUT2D eigenvalue weighted by atomic mass is 9.74. The molecule has 0 spiro atoms. The van der Waals surface area contributed by atoms with Gasteiger partial charge in [-0.2, -0.15) is 0 Å². The number of carbonyl (C=O) groups is 1. The van der Waals surface area contributed by atoms with Crippen molar-refractivity contribution in [2.75, 3.05) is 25.6 Å². The van der Waals surface area contributed by atoms with E-state index in [2.05, 4.69) is 17.2 Å². The van der Waals surface area contributed by atoms with Crippen LogP contribution in [0.25, 0.3) is 0 Å². The number of fused-ring (bicyclic) bond motifs is 1. The van der Waals surface area contributed by atoms with Gasteiger partial charge < -0.3 is 29.0 Å². The van der Waals surface area contributed by atoms with Crippen LogP contribution in [-0.4, -0.2) is 43.6 Å². The second-order valence-corrected chi connectivity index (χ2v) is 8.02. The molecule has 0 saturated carbocycles. The Morgan fingerprint density at radius 3 is 1.97 bits per heavy atom.